The van der Waals surface area contributed by atoms with E-state index in [1.54, 1.807) is 24.3 Å². The van der Waals surface area contributed by atoms with E-state index in [4.69, 9.17) is 4.84 Å². The van der Waals surface area contributed by atoms with Gasteiger partial charge in [-0.3, -0.25) is 9.59 Å². The van der Waals surface area contributed by atoms with Crippen LogP contribution in [0.2, 0.25) is 0 Å². The summed E-state index contributed by atoms with van der Waals surface area (Å²) in [5.74, 6) is -0.597. The summed E-state index contributed by atoms with van der Waals surface area (Å²) in [6.07, 6.45) is -1.09. The molecule has 2 atom stereocenters. The number of anilines is 1. The molecule has 0 bridgehead atoms. The first-order valence-electron chi connectivity index (χ1n) is 9.13. The van der Waals surface area contributed by atoms with E-state index in [2.05, 4.69) is 26.4 Å². The number of para-hydroxylation sites is 1. The van der Waals surface area contributed by atoms with Gasteiger partial charge in [-0.1, -0.05) is 81.7 Å². The SMILES string of the molecule is O=C(c1ccccc1)[C@@H]1ON=C(c2ccc(Br)cc2)[C@@]12C(=O)Nc1ccccc12. The first kappa shape index (κ1) is 17.8. The molecule has 0 radical (unpaired) electrons. The number of benzene rings is 3. The fraction of sp³-hybridized carbons (Fsp3) is 0.0870. The number of amides is 1. The molecule has 3 aromatic carbocycles. The second-order valence-electron chi connectivity index (χ2n) is 6.97. The Morgan fingerprint density at radius 3 is 2.41 bits per heavy atom. The van der Waals surface area contributed by atoms with Crippen molar-refractivity contribution in [2.75, 3.05) is 5.32 Å². The quantitative estimate of drug-likeness (QED) is 0.608. The smallest absolute Gasteiger partial charge is 0.245 e. The summed E-state index contributed by atoms with van der Waals surface area (Å²) in [5, 5.41) is 7.18. The third-order valence-corrected chi connectivity index (χ3v) is 5.92. The van der Waals surface area contributed by atoms with Gasteiger partial charge in [-0.15, -0.1) is 0 Å². The maximum atomic E-state index is 13.4. The van der Waals surface area contributed by atoms with E-state index in [0.717, 1.165) is 10.0 Å². The van der Waals surface area contributed by atoms with Crippen molar-refractivity contribution in [3.8, 4) is 0 Å². The van der Waals surface area contributed by atoms with Crippen LogP contribution in [0.1, 0.15) is 21.5 Å². The number of hydrogen-bond donors (Lipinski definition) is 1. The molecule has 1 N–H and O–H groups in total. The zero-order valence-electron chi connectivity index (χ0n) is 15.1. The summed E-state index contributed by atoms with van der Waals surface area (Å²) in [7, 11) is 0. The number of nitrogens with zero attached hydrogens (tertiary/aromatic N) is 1. The first-order valence-corrected chi connectivity index (χ1v) is 9.92. The Morgan fingerprint density at radius 1 is 0.966 bits per heavy atom. The minimum Gasteiger partial charge on any atom is -0.382 e. The average Bonchev–Trinajstić information content (AvgIpc) is 3.29. The van der Waals surface area contributed by atoms with E-state index < -0.39 is 11.5 Å². The molecule has 2 aliphatic rings. The van der Waals surface area contributed by atoms with Crippen molar-refractivity contribution in [1.82, 2.24) is 0 Å². The molecule has 0 saturated heterocycles. The maximum absolute atomic E-state index is 13.4. The van der Waals surface area contributed by atoms with Gasteiger partial charge in [0.25, 0.3) is 0 Å². The Morgan fingerprint density at radius 2 is 1.66 bits per heavy atom. The Hall–Kier alpha value is -3.25. The number of fused-ring (bicyclic) bond motifs is 2. The van der Waals surface area contributed by atoms with E-state index in [9.17, 15) is 9.59 Å². The number of Topliss-reactive ketones (excluding diaryl/α,β-unsaturated/α-hetero) is 1. The molecule has 3 aromatic rings. The molecule has 0 aromatic heterocycles. The van der Waals surface area contributed by atoms with E-state index in [-0.39, 0.29) is 11.7 Å². The summed E-state index contributed by atoms with van der Waals surface area (Å²) < 4.78 is 0.906. The van der Waals surface area contributed by atoms with Gasteiger partial charge in [-0.25, -0.2) is 0 Å². The predicted octanol–water partition coefficient (Wildman–Crippen LogP) is 4.33. The lowest BCUT2D eigenvalue weighted by molar-refractivity contribution is -0.120. The topological polar surface area (TPSA) is 67.8 Å². The molecule has 1 spiro atoms. The predicted molar refractivity (Wildman–Crippen MR) is 113 cm³/mol. The number of ketones is 1. The van der Waals surface area contributed by atoms with E-state index in [1.807, 2.05) is 54.6 Å². The fourth-order valence-electron chi connectivity index (χ4n) is 4.04. The van der Waals surface area contributed by atoms with Crippen LogP contribution in [-0.4, -0.2) is 23.5 Å². The van der Waals surface area contributed by atoms with Crippen LogP contribution in [-0.2, 0) is 15.0 Å². The fourth-order valence-corrected chi connectivity index (χ4v) is 4.31. The zero-order chi connectivity index (χ0) is 20.0. The molecular weight excluding hydrogens is 432 g/mol. The molecular formula is C23H15BrN2O3. The van der Waals surface area contributed by atoms with Crippen LogP contribution in [0.3, 0.4) is 0 Å². The standard InChI is InChI=1S/C23H15BrN2O3/c24-16-12-10-15(11-13-16)20-23(17-8-4-5-9-18(17)25-22(23)28)21(29-26-20)19(27)14-6-2-1-3-7-14/h1-13,21H,(H,25,28)/t21-,23+/m0/s1. The van der Waals surface area contributed by atoms with Gasteiger partial charge < -0.3 is 10.2 Å². The maximum Gasteiger partial charge on any atom is 0.245 e. The van der Waals surface area contributed by atoms with Crippen LogP contribution in [0.4, 0.5) is 5.69 Å². The molecule has 2 heterocycles. The highest BCUT2D eigenvalue weighted by Crippen LogP contribution is 2.47. The zero-order valence-corrected chi connectivity index (χ0v) is 16.7. The second-order valence-corrected chi connectivity index (χ2v) is 7.89. The minimum atomic E-state index is -1.35. The normalized spacial score (nSPS) is 22.0. The molecule has 29 heavy (non-hydrogen) atoms. The van der Waals surface area contributed by atoms with Crippen LogP contribution in [0.15, 0.2) is 88.5 Å². The first-order chi connectivity index (χ1) is 14.1. The summed E-state index contributed by atoms with van der Waals surface area (Å²) in [4.78, 5) is 32.5. The number of nitrogens with one attached hydrogen (secondary N) is 1. The van der Waals surface area contributed by atoms with Crippen molar-refractivity contribution < 1.29 is 14.4 Å². The molecule has 0 aliphatic carbocycles. The molecule has 142 valence electrons. The highest BCUT2D eigenvalue weighted by molar-refractivity contribution is 9.10. The van der Waals surface area contributed by atoms with Crippen LogP contribution in [0, 0.1) is 0 Å². The van der Waals surface area contributed by atoms with Crippen molar-refractivity contribution in [2.24, 2.45) is 5.16 Å². The van der Waals surface area contributed by atoms with Crippen molar-refractivity contribution in [3.63, 3.8) is 0 Å². The monoisotopic (exact) mass is 446 g/mol. The van der Waals surface area contributed by atoms with Crippen molar-refractivity contribution in [1.29, 1.82) is 0 Å². The average molecular weight is 447 g/mol. The third kappa shape index (κ3) is 2.56. The molecule has 2 aliphatic heterocycles. The number of halogens is 1. The number of carbonyl (C=O) groups is 2. The van der Waals surface area contributed by atoms with Crippen LogP contribution >= 0.6 is 15.9 Å². The highest BCUT2D eigenvalue weighted by Gasteiger charge is 2.63. The molecule has 5 nitrogen and oxygen atoms in total. The van der Waals surface area contributed by atoms with Gasteiger partial charge in [0.15, 0.2) is 5.41 Å². The van der Waals surface area contributed by atoms with E-state index in [0.29, 0.717) is 22.5 Å². The van der Waals surface area contributed by atoms with Crippen molar-refractivity contribution >= 4 is 39.0 Å². The molecule has 0 unspecified atom stereocenters. The van der Waals surface area contributed by atoms with Crippen LogP contribution < -0.4 is 5.32 Å². The van der Waals surface area contributed by atoms with Gasteiger partial charge >= 0.3 is 0 Å². The molecule has 5 rings (SSSR count). The lowest BCUT2D eigenvalue weighted by atomic mass is 9.69. The second kappa shape index (κ2) is 6.67. The summed E-state index contributed by atoms with van der Waals surface area (Å²) >= 11 is 3.43. The van der Waals surface area contributed by atoms with Gasteiger partial charge in [-0.2, -0.15) is 0 Å². The molecule has 1 amide bonds. The Balaban J connectivity index is 1.72. The van der Waals surface area contributed by atoms with Crippen molar-refractivity contribution in [2.45, 2.75) is 11.5 Å². The third-order valence-electron chi connectivity index (χ3n) is 5.39. The van der Waals surface area contributed by atoms with Gasteiger partial charge in [0.05, 0.1) is 0 Å². The number of hydrogen-bond acceptors (Lipinski definition) is 4. The van der Waals surface area contributed by atoms with Gasteiger partial charge in [-0.05, 0) is 18.2 Å². The number of carbonyl (C=O) groups excluding carboxylic acids is 2. The van der Waals surface area contributed by atoms with Crippen LogP contribution in [0.5, 0.6) is 0 Å². The lowest BCUT2D eigenvalue weighted by Crippen LogP contribution is -2.52. The largest absolute Gasteiger partial charge is 0.382 e. The summed E-state index contributed by atoms with van der Waals surface area (Å²) in [5.41, 5.74) is 1.64. The molecule has 0 fully saturated rings. The Kier molecular flexibility index (Phi) is 4.10. The molecule has 0 saturated carbocycles. The van der Waals surface area contributed by atoms with Gasteiger partial charge in [0.2, 0.25) is 17.8 Å². The number of oxime groups is 1. The molecule has 6 heteroatoms. The van der Waals surface area contributed by atoms with Crippen molar-refractivity contribution in [3.05, 3.63) is 100 Å². The van der Waals surface area contributed by atoms with E-state index >= 15 is 0 Å². The highest BCUT2D eigenvalue weighted by atomic mass is 79.9. The van der Waals surface area contributed by atoms with Gasteiger partial charge in [0.1, 0.15) is 5.71 Å². The minimum absolute atomic E-state index is 0.284. The summed E-state index contributed by atoms with van der Waals surface area (Å²) in [6.45, 7) is 0. The summed E-state index contributed by atoms with van der Waals surface area (Å²) in [6, 6.07) is 23.7. The van der Waals surface area contributed by atoms with Crippen LogP contribution in [0.25, 0.3) is 0 Å². The number of rotatable bonds is 3. The van der Waals surface area contributed by atoms with Gasteiger partial charge in [0, 0.05) is 26.9 Å². The Bertz CT molecular complexity index is 1160. The Labute approximate surface area is 175 Å². The van der Waals surface area contributed by atoms with E-state index in [1.165, 1.54) is 0 Å². The lowest BCUT2D eigenvalue weighted by Gasteiger charge is -2.27.